The number of nitrogens with zero attached hydrogens (tertiary/aromatic N) is 3. The zero-order chi connectivity index (χ0) is 22.9. The molecule has 0 aliphatic rings. The molecule has 0 saturated carbocycles. The number of benzene rings is 1. The lowest BCUT2D eigenvalue weighted by Gasteiger charge is -2.18. The van der Waals surface area contributed by atoms with E-state index in [1.165, 1.54) is 0 Å². The molecule has 0 bridgehead atoms. The number of pyridine rings is 1. The molecule has 2 heterocycles. The van der Waals surface area contributed by atoms with Crippen LogP contribution in [-0.2, 0) is 27.8 Å². The van der Waals surface area contributed by atoms with Crippen LogP contribution in [0.1, 0.15) is 12.5 Å². The van der Waals surface area contributed by atoms with Gasteiger partial charge in [-0.2, -0.15) is 5.10 Å². The summed E-state index contributed by atoms with van der Waals surface area (Å²) in [5.41, 5.74) is 2.45. The molecule has 168 valence electrons. The summed E-state index contributed by atoms with van der Waals surface area (Å²) in [6.45, 7) is 1.96. The second-order valence-corrected chi connectivity index (χ2v) is 7.04. The summed E-state index contributed by atoms with van der Waals surface area (Å²) in [6, 6.07) is 14.3. The van der Waals surface area contributed by atoms with Gasteiger partial charge < -0.3 is 14.8 Å². The molecule has 0 aliphatic carbocycles. The molecular weight excluding hydrogens is 410 g/mol. The van der Waals surface area contributed by atoms with Crippen molar-refractivity contribution in [3.63, 3.8) is 0 Å². The van der Waals surface area contributed by atoms with Gasteiger partial charge in [0.15, 0.2) is 0 Å². The smallest absolute Gasteiger partial charge is 0.319 e. The lowest BCUT2D eigenvalue weighted by atomic mass is 10.1. The Morgan fingerprint density at radius 2 is 1.94 bits per heavy atom. The standard InChI is InChI=1S/C23H27N5O4/c1-4-32-22(29)15-25-19(12-16-8-6-5-7-9-16)23(30)26-20-14-18(27-28(20)2)17-10-11-24-21(13-17)31-3/h5-11,13-14,19,25H,4,12,15H2,1-3H3,(H,26,30). The van der Waals surface area contributed by atoms with Crippen LogP contribution in [0.5, 0.6) is 5.88 Å². The Kier molecular flexibility index (Phi) is 7.93. The third kappa shape index (κ3) is 6.14. The van der Waals surface area contributed by atoms with E-state index in [-0.39, 0.29) is 19.1 Å². The Bertz CT molecular complexity index is 1050. The van der Waals surface area contributed by atoms with Gasteiger partial charge in [0.25, 0.3) is 0 Å². The molecule has 1 unspecified atom stereocenters. The van der Waals surface area contributed by atoms with Crippen molar-refractivity contribution in [3.05, 3.63) is 60.3 Å². The molecule has 1 atom stereocenters. The minimum atomic E-state index is -0.638. The normalized spacial score (nSPS) is 11.6. The predicted octanol–water partition coefficient (Wildman–Crippen LogP) is 2.19. The van der Waals surface area contributed by atoms with Gasteiger partial charge in [-0.3, -0.25) is 19.6 Å². The van der Waals surface area contributed by atoms with Crippen molar-refractivity contribution in [2.24, 2.45) is 7.05 Å². The van der Waals surface area contributed by atoms with Crippen molar-refractivity contribution in [3.8, 4) is 17.1 Å². The topological polar surface area (TPSA) is 107 Å². The molecule has 2 aromatic heterocycles. The lowest BCUT2D eigenvalue weighted by molar-refractivity contribution is -0.142. The number of hydrogen-bond acceptors (Lipinski definition) is 7. The minimum absolute atomic E-state index is 0.0633. The summed E-state index contributed by atoms with van der Waals surface area (Å²) >= 11 is 0. The van der Waals surface area contributed by atoms with Crippen LogP contribution >= 0.6 is 0 Å². The molecule has 9 nitrogen and oxygen atoms in total. The number of hydrogen-bond donors (Lipinski definition) is 2. The fourth-order valence-electron chi connectivity index (χ4n) is 3.14. The highest BCUT2D eigenvalue weighted by Crippen LogP contribution is 2.23. The van der Waals surface area contributed by atoms with E-state index in [2.05, 4.69) is 20.7 Å². The van der Waals surface area contributed by atoms with Crippen molar-refractivity contribution >= 4 is 17.7 Å². The summed E-state index contributed by atoms with van der Waals surface area (Å²) in [7, 11) is 3.29. The van der Waals surface area contributed by atoms with Crippen molar-refractivity contribution in [2.45, 2.75) is 19.4 Å². The molecule has 0 fully saturated rings. The van der Waals surface area contributed by atoms with E-state index in [4.69, 9.17) is 9.47 Å². The van der Waals surface area contributed by atoms with Gasteiger partial charge in [-0.15, -0.1) is 0 Å². The van der Waals surface area contributed by atoms with Crippen molar-refractivity contribution in [1.29, 1.82) is 0 Å². The number of aromatic nitrogens is 3. The largest absolute Gasteiger partial charge is 0.481 e. The van der Waals surface area contributed by atoms with E-state index in [0.717, 1.165) is 11.1 Å². The molecule has 3 aromatic rings. The van der Waals surface area contributed by atoms with Gasteiger partial charge in [0.2, 0.25) is 11.8 Å². The third-order valence-electron chi connectivity index (χ3n) is 4.77. The van der Waals surface area contributed by atoms with Gasteiger partial charge >= 0.3 is 5.97 Å². The number of ether oxygens (including phenoxy) is 2. The average Bonchev–Trinajstić information content (AvgIpc) is 3.17. The fourth-order valence-corrected chi connectivity index (χ4v) is 3.14. The van der Waals surface area contributed by atoms with Crippen molar-refractivity contribution in [2.75, 3.05) is 25.6 Å². The van der Waals surface area contributed by atoms with Crippen LogP contribution in [0.25, 0.3) is 11.3 Å². The SMILES string of the molecule is CCOC(=O)CNC(Cc1ccccc1)C(=O)Nc1cc(-c2ccnc(OC)c2)nn1C. The molecule has 3 rings (SSSR count). The molecule has 2 N–H and O–H groups in total. The van der Waals surface area contributed by atoms with Crippen LogP contribution < -0.4 is 15.4 Å². The zero-order valence-corrected chi connectivity index (χ0v) is 18.4. The Hall–Kier alpha value is -3.72. The molecule has 0 spiro atoms. The second kappa shape index (κ2) is 11.1. The lowest BCUT2D eigenvalue weighted by Crippen LogP contribution is -2.44. The van der Waals surface area contributed by atoms with Gasteiger partial charge in [0, 0.05) is 30.9 Å². The molecular formula is C23H27N5O4. The number of carbonyl (C=O) groups excluding carboxylic acids is 2. The van der Waals surface area contributed by atoms with Gasteiger partial charge in [0.05, 0.1) is 32.0 Å². The van der Waals surface area contributed by atoms with E-state index in [1.54, 1.807) is 44.1 Å². The van der Waals surface area contributed by atoms with E-state index < -0.39 is 12.0 Å². The first kappa shape index (κ1) is 23.0. The summed E-state index contributed by atoms with van der Waals surface area (Å²) in [5, 5.41) is 10.4. The maximum atomic E-state index is 13.1. The number of rotatable bonds is 10. The first-order valence-corrected chi connectivity index (χ1v) is 10.3. The predicted molar refractivity (Wildman–Crippen MR) is 120 cm³/mol. The van der Waals surface area contributed by atoms with E-state index >= 15 is 0 Å². The average molecular weight is 438 g/mol. The molecule has 0 radical (unpaired) electrons. The molecule has 32 heavy (non-hydrogen) atoms. The number of nitrogens with one attached hydrogen (secondary N) is 2. The maximum absolute atomic E-state index is 13.1. The van der Waals surface area contributed by atoms with Gasteiger partial charge in [0.1, 0.15) is 5.82 Å². The number of methoxy groups -OCH3 is 1. The van der Waals surface area contributed by atoms with E-state index in [0.29, 0.717) is 23.8 Å². The zero-order valence-electron chi connectivity index (χ0n) is 18.4. The highest BCUT2D eigenvalue weighted by atomic mass is 16.5. The monoisotopic (exact) mass is 437 g/mol. The van der Waals surface area contributed by atoms with Crippen LogP contribution in [0.2, 0.25) is 0 Å². The van der Waals surface area contributed by atoms with Crippen LogP contribution in [0.4, 0.5) is 5.82 Å². The Balaban J connectivity index is 1.75. The maximum Gasteiger partial charge on any atom is 0.319 e. The molecule has 0 saturated heterocycles. The second-order valence-electron chi connectivity index (χ2n) is 7.04. The summed E-state index contributed by atoms with van der Waals surface area (Å²) < 4.78 is 11.7. The Morgan fingerprint density at radius 1 is 1.16 bits per heavy atom. The number of amides is 1. The molecule has 1 aromatic carbocycles. The van der Waals surface area contributed by atoms with Crippen LogP contribution in [-0.4, -0.2) is 52.9 Å². The first-order valence-electron chi connectivity index (χ1n) is 10.3. The number of aryl methyl sites for hydroxylation is 1. The molecule has 9 heteroatoms. The number of carbonyl (C=O) groups is 2. The van der Waals surface area contributed by atoms with Crippen molar-refractivity contribution in [1.82, 2.24) is 20.1 Å². The molecule has 0 aliphatic heterocycles. The fraction of sp³-hybridized carbons (Fsp3) is 0.304. The third-order valence-corrected chi connectivity index (χ3v) is 4.77. The van der Waals surface area contributed by atoms with Gasteiger partial charge in [-0.1, -0.05) is 30.3 Å². The number of esters is 1. The highest BCUT2D eigenvalue weighted by molar-refractivity contribution is 5.95. The summed E-state index contributed by atoms with van der Waals surface area (Å²) in [5.74, 6) is 0.314. The van der Waals surface area contributed by atoms with Gasteiger partial charge in [-0.05, 0) is 25.0 Å². The highest BCUT2D eigenvalue weighted by Gasteiger charge is 2.22. The van der Waals surface area contributed by atoms with Gasteiger partial charge in [-0.25, -0.2) is 4.98 Å². The first-order chi connectivity index (χ1) is 15.5. The van der Waals surface area contributed by atoms with E-state index in [9.17, 15) is 9.59 Å². The van der Waals surface area contributed by atoms with Crippen LogP contribution in [0.15, 0.2) is 54.7 Å². The summed E-state index contributed by atoms with van der Waals surface area (Å²) in [6.07, 6.45) is 2.05. The van der Waals surface area contributed by atoms with Crippen LogP contribution in [0, 0.1) is 0 Å². The van der Waals surface area contributed by atoms with Crippen molar-refractivity contribution < 1.29 is 19.1 Å². The quantitative estimate of drug-likeness (QED) is 0.468. The van der Waals surface area contributed by atoms with Crippen LogP contribution in [0.3, 0.4) is 0 Å². The molecule has 1 amide bonds. The minimum Gasteiger partial charge on any atom is -0.481 e. The Morgan fingerprint density at radius 3 is 2.66 bits per heavy atom. The Labute approximate surface area is 186 Å². The number of anilines is 1. The van der Waals surface area contributed by atoms with E-state index in [1.807, 2.05) is 36.4 Å². The summed E-state index contributed by atoms with van der Waals surface area (Å²) in [4.78, 5) is 29.0.